The van der Waals surface area contributed by atoms with Crippen LogP contribution in [0.15, 0.2) is 17.4 Å². The third-order valence-corrected chi connectivity index (χ3v) is 2.65. The van der Waals surface area contributed by atoms with E-state index in [0.717, 1.165) is 12.8 Å². The van der Waals surface area contributed by atoms with E-state index in [4.69, 9.17) is 20.4 Å². The fourth-order valence-corrected chi connectivity index (χ4v) is 1.73. The summed E-state index contributed by atoms with van der Waals surface area (Å²) in [7, 11) is 0. The normalized spacial score (nSPS) is 29.0. The van der Waals surface area contributed by atoms with E-state index in [2.05, 4.69) is 4.99 Å². The highest BCUT2D eigenvalue weighted by Crippen LogP contribution is 2.23. The van der Waals surface area contributed by atoms with Gasteiger partial charge in [-0.25, -0.2) is 5.06 Å². The third-order valence-electron chi connectivity index (χ3n) is 2.65. The van der Waals surface area contributed by atoms with Gasteiger partial charge in [-0.1, -0.05) is 0 Å². The molecule has 1 fully saturated rings. The summed E-state index contributed by atoms with van der Waals surface area (Å²) in [5.41, 5.74) is 5.28. The maximum Gasteiger partial charge on any atom is 0.265 e. The molecule has 2 aliphatic heterocycles. The van der Waals surface area contributed by atoms with Gasteiger partial charge in [0, 0.05) is 12.4 Å². The van der Waals surface area contributed by atoms with E-state index < -0.39 is 5.91 Å². The molecule has 94 valence electrons. The Kier molecular flexibility index (Phi) is 3.72. The average Bonchev–Trinajstić information content (AvgIpc) is 2.65. The van der Waals surface area contributed by atoms with Crippen LogP contribution in [0.2, 0.25) is 0 Å². The van der Waals surface area contributed by atoms with Crippen LogP contribution in [0.5, 0.6) is 0 Å². The summed E-state index contributed by atoms with van der Waals surface area (Å²) in [6.45, 7) is 0.0169. The minimum atomic E-state index is -0.600. The molecule has 17 heavy (non-hydrogen) atoms. The summed E-state index contributed by atoms with van der Waals surface area (Å²) >= 11 is 0. The Morgan fingerprint density at radius 3 is 3.12 bits per heavy atom. The number of aliphatic hydroxyl groups is 1. The molecule has 1 saturated heterocycles. The summed E-state index contributed by atoms with van der Waals surface area (Å²) < 4.78 is 5.53. The Hall–Kier alpha value is -1.44. The molecule has 0 saturated carbocycles. The van der Waals surface area contributed by atoms with Crippen LogP contribution < -0.4 is 5.73 Å². The van der Waals surface area contributed by atoms with E-state index in [1.807, 2.05) is 0 Å². The molecule has 0 spiro atoms. The lowest BCUT2D eigenvalue weighted by Gasteiger charge is -2.24. The number of rotatable bonds is 3. The smallest absolute Gasteiger partial charge is 0.265 e. The van der Waals surface area contributed by atoms with Crippen molar-refractivity contribution in [3.8, 4) is 0 Å². The van der Waals surface area contributed by atoms with Gasteiger partial charge in [0.15, 0.2) is 6.23 Å². The molecule has 2 rings (SSSR count). The molecular weight excluding hydrogens is 226 g/mol. The van der Waals surface area contributed by atoms with Crippen molar-refractivity contribution in [1.82, 2.24) is 5.06 Å². The van der Waals surface area contributed by atoms with Gasteiger partial charge in [0.1, 0.15) is 12.3 Å². The minimum Gasteiger partial charge on any atom is -0.394 e. The van der Waals surface area contributed by atoms with Crippen LogP contribution in [0.25, 0.3) is 0 Å². The van der Waals surface area contributed by atoms with E-state index in [-0.39, 0.29) is 31.3 Å². The van der Waals surface area contributed by atoms with Gasteiger partial charge < -0.3 is 15.6 Å². The molecule has 2 atom stereocenters. The lowest BCUT2D eigenvalue weighted by atomic mass is 10.2. The SMILES string of the molecule is NC(=O)C1=NC=CN(C2CCC(CO)O2)OC1. The second-order valence-electron chi connectivity index (χ2n) is 3.84. The summed E-state index contributed by atoms with van der Waals surface area (Å²) in [5, 5.41) is 10.5. The standard InChI is InChI=1S/C10H15N3O4/c11-10(15)8-6-16-13(4-3-12-8)9-2-1-7(5-14)17-9/h3-4,7,9,14H,1-2,5-6H2,(H2,11,15). The zero-order valence-corrected chi connectivity index (χ0v) is 9.28. The number of ether oxygens (including phenoxy) is 1. The van der Waals surface area contributed by atoms with Crippen molar-refractivity contribution in [1.29, 1.82) is 0 Å². The Balaban J connectivity index is 1.92. The maximum atomic E-state index is 10.9. The van der Waals surface area contributed by atoms with E-state index in [1.54, 1.807) is 6.20 Å². The molecule has 0 aliphatic carbocycles. The highest BCUT2D eigenvalue weighted by Gasteiger charge is 2.29. The quantitative estimate of drug-likeness (QED) is 0.669. The molecule has 7 nitrogen and oxygen atoms in total. The summed E-state index contributed by atoms with van der Waals surface area (Å²) in [6.07, 6.45) is 4.14. The van der Waals surface area contributed by atoms with Crippen LogP contribution in [0.4, 0.5) is 0 Å². The number of hydrogen-bond donors (Lipinski definition) is 2. The van der Waals surface area contributed by atoms with Crippen molar-refractivity contribution in [2.75, 3.05) is 13.2 Å². The van der Waals surface area contributed by atoms with Gasteiger partial charge in [0.05, 0.1) is 12.7 Å². The Labute approximate surface area is 98.5 Å². The van der Waals surface area contributed by atoms with Crippen molar-refractivity contribution in [3.05, 3.63) is 12.4 Å². The van der Waals surface area contributed by atoms with Crippen molar-refractivity contribution in [2.24, 2.45) is 10.7 Å². The lowest BCUT2D eigenvalue weighted by molar-refractivity contribution is -0.209. The van der Waals surface area contributed by atoms with Crippen molar-refractivity contribution >= 4 is 11.6 Å². The first-order chi connectivity index (χ1) is 8.20. The van der Waals surface area contributed by atoms with Gasteiger partial charge in [0.25, 0.3) is 5.91 Å². The molecule has 0 radical (unpaired) electrons. The molecule has 0 aromatic rings. The number of carbonyl (C=O) groups excluding carboxylic acids is 1. The number of hydrogen-bond acceptors (Lipinski definition) is 6. The average molecular weight is 241 g/mol. The molecule has 1 amide bonds. The van der Waals surface area contributed by atoms with Crippen molar-refractivity contribution < 1.29 is 19.5 Å². The van der Waals surface area contributed by atoms with Crippen LogP contribution in [-0.2, 0) is 14.4 Å². The van der Waals surface area contributed by atoms with Crippen molar-refractivity contribution in [2.45, 2.75) is 25.2 Å². The number of nitrogens with zero attached hydrogens (tertiary/aromatic N) is 2. The van der Waals surface area contributed by atoms with E-state index in [1.165, 1.54) is 11.3 Å². The van der Waals surface area contributed by atoms with Crippen molar-refractivity contribution in [3.63, 3.8) is 0 Å². The number of primary amides is 1. The van der Waals surface area contributed by atoms with E-state index in [0.29, 0.717) is 0 Å². The zero-order valence-electron chi connectivity index (χ0n) is 9.28. The Morgan fingerprint density at radius 1 is 1.65 bits per heavy atom. The molecule has 0 aromatic heterocycles. The minimum absolute atomic E-state index is 0.00289. The van der Waals surface area contributed by atoms with Gasteiger partial charge in [-0.3, -0.25) is 14.6 Å². The number of aliphatic imine (C=N–C) groups is 1. The maximum absolute atomic E-state index is 10.9. The van der Waals surface area contributed by atoms with Crippen LogP contribution >= 0.6 is 0 Å². The molecule has 2 unspecified atom stereocenters. The number of amides is 1. The Bertz CT molecular complexity index is 355. The molecule has 7 heteroatoms. The first-order valence-electron chi connectivity index (χ1n) is 5.41. The fourth-order valence-electron chi connectivity index (χ4n) is 1.73. The number of nitrogens with two attached hydrogens (primary N) is 1. The molecule has 3 N–H and O–H groups in total. The monoisotopic (exact) mass is 241 g/mol. The third kappa shape index (κ3) is 2.82. The number of hydroxylamine groups is 2. The highest BCUT2D eigenvalue weighted by atomic mass is 16.7. The predicted molar refractivity (Wildman–Crippen MR) is 58.5 cm³/mol. The van der Waals surface area contributed by atoms with Gasteiger partial charge >= 0.3 is 0 Å². The topological polar surface area (TPSA) is 97.4 Å². The Morgan fingerprint density at radius 2 is 2.47 bits per heavy atom. The van der Waals surface area contributed by atoms with Crippen LogP contribution in [0.3, 0.4) is 0 Å². The fraction of sp³-hybridized carbons (Fsp3) is 0.600. The zero-order chi connectivity index (χ0) is 12.3. The van der Waals surface area contributed by atoms with Gasteiger partial charge in [0.2, 0.25) is 0 Å². The predicted octanol–water partition coefficient (Wildman–Crippen LogP) is -0.872. The molecule has 0 bridgehead atoms. The first-order valence-corrected chi connectivity index (χ1v) is 5.41. The molecule has 2 heterocycles. The van der Waals surface area contributed by atoms with Crippen LogP contribution in [0, 0.1) is 0 Å². The lowest BCUT2D eigenvalue weighted by Crippen LogP contribution is -2.35. The van der Waals surface area contributed by atoms with Crippen LogP contribution in [-0.4, -0.2) is 47.3 Å². The summed E-state index contributed by atoms with van der Waals surface area (Å²) in [6, 6.07) is 0. The second-order valence-corrected chi connectivity index (χ2v) is 3.84. The van der Waals surface area contributed by atoms with Crippen LogP contribution in [0.1, 0.15) is 12.8 Å². The highest BCUT2D eigenvalue weighted by molar-refractivity contribution is 6.39. The summed E-state index contributed by atoms with van der Waals surface area (Å²) in [4.78, 5) is 20.2. The van der Waals surface area contributed by atoms with Gasteiger partial charge in [-0.15, -0.1) is 0 Å². The molecule has 0 aromatic carbocycles. The number of carbonyl (C=O) groups is 1. The first kappa shape index (κ1) is 12.0. The van der Waals surface area contributed by atoms with E-state index in [9.17, 15) is 4.79 Å². The second kappa shape index (κ2) is 5.26. The number of aliphatic hydroxyl groups excluding tert-OH is 1. The summed E-state index contributed by atoms with van der Waals surface area (Å²) in [5.74, 6) is -0.600. The largest absolute Gasteiger partial charge is 0.394 e. The molecule has 2 aliphatic rings. The van der Waals surface area contributed by atoms with Gasteiger partial charge in [-0.05, 0) is 12.8 Å². The van der Waals surface area contributed by atoms with Gasteiger partial charge in [-0.2, -0.15) is 0 Å². The van der Waals surface area contributed by atoms with E-state index >= 15 is 0 Å². The molecular formula is C10H15N3O4.